The molecule has 6 nitrogen and oxygen atoms in total. The molecule has 0 saturated heterocycles. The minimum absolute atomic E-state index is 0.0194. The van der Waals surface area contributed by atoms with Gasteiger partial charge < -0.3 is 10.1 Å². The maximum atomic E-state index is 13.1. The van der Waals surface area contributed by atoms with Gasteiger partial charge in [-0.1, -0.05) is 54.1 Å². The average molecular weight is 497 g/mol. The van der Waals surface area contributed by atoms with Crippen molar-refractivity contribution in [1.82, 2.24) is 0 Å². The van der Waals surface area contributed by atoms with E-state index in [1.807, 2.05) is 56.3 Å². The number of hydrogen-bond donors (Lipinski definition) is 1. The maximum absolute atomic E-state index is 13.1. The second kappa shape index (κ2) is 9.32. The molecule has 0 fully saturated rings. The third-order valence-corrected chi connectivity index (χ3v) is 6.52. The summed E-state index contributed by atoms with van der Waals surface area (Å²) in [4.78, 5) is 39.6. The Balaban J connectivity index is 1.31. The zero-order chi connectivity index (χ0) is 25.4. The van der Waals surface area contributed by atoms with Crippen molar-refractivity contribution < 1.29 is 19.1 Å². The third kappa shape index (κ3) is 4.23. The zero-order valence-corrected chi connectivity index (χ0v) is 20.3. The lowest BCUT2D eigenvalue weighted by Crippen LogP contribution is -2.33. The number of rotatable bonds is 5. The highest BCUT2D eigenvalue weighted by molar-refractivity contribution is 6.53. The highest BCUT2D eigenvalue weighted by Gasteiger charge is 2.39. The minimum Gasteiger partial charge on any atom is -0.423 e. The van der Waals surface area contributed by atoms with Gasteiger partial charge in [-0.15, -0.1) is 0 Å². The summed E-state index contributed by atoms with van der Waals surface area (Å²) in [7, 11) is 0. The number of halogens is 1. The summed E-state index contributed by atoms with van der Waals surface area (Å²) in [5.74, 6) is -1.20. The predicted octanol–water partition coefficient (Wildman–Crippen LogP) is 6.11. The molecule has 1 aliphatic rings. The van der Waals surface area contributed by atoms with E-state index in [1.165, 1.54) is 0 Å². The average Bonchev–Trinajstić information content (AvgIpc) is 3.09. The molecule has 2 amide bonds. The van der Waals surface area contributed by atoms with Crippen molar-refractivity contribution in [3.63, 3.8) is 0 Å². The van der Waals surface area contributed by atoms with E-state index in [2.05, 4.69) is 5.32 Å². The number of nitrogens with one attached hydrogen (secondary N) is 1. The SMILES string of the molecule is Cc1cccc(N2C(=O)C(Cl)=C(Nc3ccc(C(=O)Oc4ccc5ccccc5c4)cc3)C2=O)c1C. The van der Waals surface area contributed by atoms with Gasteiger partial charge in [-0.2, -0.15) is 0 Å². The third-order valence-electron chi connectivity index (χ3n) is 6.17. The van der Waals surface area contributed by atoms with Crippen LogP contribution in [0.25, 0.3) is 10.8 Å². The van der Waals surface area contributed by atoms with Crippen molar-refractivity contribution in [3.8, 4) is 5.75 Å². The summed E-state index contributed by atoms with van der Waals surface area (Å²) in [6.45, 7) is 3.75. The highest BCUT2D eigenvalue weighted by atomic mass is 35.5. The predicted molar refractivity (Wildman–Crippen MR) is 140 cm³/mol. The molecule has 0 unspecified atom stereocenters. The maximum Gasteiger partial charge on any atom is 0.343 e. The van der Waals surface area contributed by atoms with Gasteiger partial charge >= 0.3 is 5.97 Å². The summed E-state index contributed by atoms with van der Waals surface area (Å²) in [6.07, 6.45) is 0. The smallest absolute Gasteiger partial charge is 0.343 e. The molecular weight excluding hydrogens is 476 g/mol. The van der Waals surface area contributed by atoms with Gasteiger partial charge in [-0.3, -0.25) is 9.59 Å². The van der Waals surface area contributed by atoms with E-state index in [-0.39, 0.29) is 10.7 Å². The topological polar surface area (TPSA) is 75.7 Å². The van der Waals surface area contributed by atoms with Crippen molar-refractivity contribution in [2.45, 2.75) is 13.8 Å². The number of aryl methyl sites for hydroxylation is 1. The Bertz CT molecular complexity index is 1570. The summed E-state index contributed by atoms with van der Waals surface area (Å²) < 4.78 is 5.52. The second-order valence-corrected chi connectivity index (χ2v) is 8.83. The fourth-order valence-corrected chi connectivity index (χ4v) is 4.25. The summed E-state index contributed by atoms with van der Waals surface area (Å²) in [5, 5.41) is 4.75. The molecule has 0 aromatic heterocycles. The Morgan fingerprint density at radius 3 is 2.31 bits per heavy atom. The van der Waals surface area contributed by atoms with Gasteiger partial charge in [0, 0.05) is 5.69 Å². The second-order valence-electron chi connectivity index (χ2n) is 8.45. The van der Waals surface area contributed by atoms with E-state index < -0.39 is 17.8 Å². The first-order valence-electron chi connectivity index (χ1n) is 11.3. The Morgan fingerprint density at radius 2 is 1.56 bits per heavy atom. The molecule has 0 bridgehead atoms. The van der Waals surface area contributed by atoms with E-state index in [9.17, 15) is 14.4 Å². The number of amides is 2. The Kier molecular flexibility index (Phi) is 6.04. The van der Waals surface area contributed by atoms with Crippen LogP contribution in [0.3, 0.4) is 0 Å². The Hall–Kier alpha value is -4.42. The van der Waals surface area contributed by atoms with E-state index >= 15 is 0 Å². The molecule has 0 radical (unpaired) electrons. The van der Waals surface area contributed by atoms with Crippen LogP contribution in [0.1, 0.15) is 21.5 Å². The first-order chi connectivity index (χ1) is 17.3. The number of nitrogens with zero attached hydrogens (tertiary/aromatic N) is 1. The number of anilines is 2. The van der Waals surface area contributed by atoms with Crippen molar-refractivity contribution >= 4 is 51.5 Å². The lowest BCUT2D eigenvalue weighted by Gasteiger charge is -2.18. The first-order valence-corrected chi connectivity index (χ1v) is 11.6. The lowest BCUT2D eigenvalue weighted by atomic mass is 10.1. The summed E-state index contributed by atoms with van der Waals surface area (Å²) in [6, 6.07) is 25.0. The van der Waals surface area contributed by atoms with Crippen LogP contribution in [0.2, 0.25) is 0 Å². The number of fused-ring (bicyclic) bond motifs is 1. The molecule has 7 heteroatoms. The molecule has 178 valence electrons. The molecule has 1 aliphatic heterocycles. The van der Waals surface area contributed by atoms with Crippen LogP contribution >= 0.6 is 11.6 Å². The molecule has 36 heavy (non-hydrogen) atoms. The number of carbonyl (C=O) groups is 3. The van der Waals surface area contributed by atoms with Crippen LogP contribution < -0.4 is 15.0 Å². The van der Waals surface area contributed by atoms with Gasteiger partial charge in [0.25, 0.3) is 11.8 Å². The van der Waals surface area contributed by atoms with Crippen LogP contribution in [-0.2, 0) is 9.59 Å². The van der Waals surface area contributed by atoms with Crippen LogP contribution in [0.4, 0.5) is 11.4 Å². The van der Waals surface area contributed by atoms with Crippen molar-refractivity contribution in [2.75, 3.05) is 10.2 Å². The van der Waals surface area contributed by atoms with Crippen LogP contribution in [-0.4, -0.2) is 17.8 Å². The fourth-order valence-electron chi connectivity index (χ4n) is 4.04. The Labute approximate surface area is 212 Å². The van der Waals surface area contributed by atoms with Gasteiger partial charge in [0.2, 0.25) is 0 Å². The highest BCUT2D eigenvalue weighted by Crippen LogP contribution is 2.33. The van der Waals surface area contributed by atoms with Gasteiger partial charge in [0.05, 0.1) is 11.3 Å². The fraction of sp³-hybridized carbons (Fsp3) is 0.0690. The number of hydrogen-bond acceptors (Lipinski definition) is 5. The number of carbonyl (C=O) groups excluding carboxylic acids is 3. The largest absolute Gasteiger partial charge is 0.423 e. The first kappa shape index (κ1) is 23.3. The molecule has 5 rings (SSSR count). The number of imide groups is 1. The standard InChI is InChI=1S/C29H21ClN2O4/c1-17-6-5-9-24(18(17)2)32-27(33)25(30)26(28(32)34)31-22-13-10-20(11-14-22)29(35)36-23-15-12-19-7-3-4-8-21(19)16-23/h3-16,31H,1-2H3. The zero-order valence-electron chi connectivity index (χ0n) is 19.5. The van der Waals surface area contributed by atoms with Crippen LogP contribution in [0.5, 0.6) is 5.75 Å². The van der Waals surface area contributed by atoms with E-state index in [1.54, 1.807) is 42.5 Å². The Morgan fingerprint density at radius 1 is 0.833 bits per heavy atom. The van der Waals surface area contributed by atoms with Crippen LogP contribution in [0, 0.1) is 13.8 Å². The number of benzene rings is 4. The normalized spacial score (nSPS) is 13.5. The molecular formula is C29H21ClN2O4. The van der Waals surface area contributed by atoms with Gasteiger partial charge in [-0.25, -0.2) is 9.69 Å². The van der Waals surface area contributed by atoms with Crippen molar-refractivity contribution in [2.24, 2.45) is 0 Å². The molecule has 0 spiro atoms. The minimum atomic E-state index is -0.589. The van der Waals surface area contributed by atoms with Gasteiger partial charge in [0.15, 0.2) is 0 Å². The molecule has 1 N–H and O–H groups in total. The number of ether oxygens (including phenoxy) is 1. The molecule has 4 aromatic rings. The lowest BCUT2D eigenvalue weighted by molar-refractivity contribution is -0.120. The number of esters is 1. The quantitative estimate of drug-likeness (QED) is 0.205. The summed E-state index contributed by atoms with van der Waals surface area (Å²) >= 11 is 6.25. The molecule has 0 atom stereocenters. The van der Waals surface area contributed by atoms with Crippen molar-refractivity contribution in [3.05, 3.63) is 112 Å². The van der Waals surface area contributed by atoms with E-state index in [0.717, 1.165) is 26.8 Å². The van der Waals surface area contributed by atoms with Crippen molar-refractivity contribution in [1.29, 1.82) is 0 Å². The molecule has 0 saturated carbocycles. The molecule has 0 aliphatic carbocycles. The van der Waals surface area contributed by atoms with Crippen LogP contribution in [0.15, 0.2) is 95.7 Å². The van der Waals surface area contributed by atoms with Gasteiger partial charge in [0.1, 0.15) is 16.5 Å². The van der Waals surface area contributed by atoms with Gasteiger partial charge in [-0.05, 0) is 78.2 Å². The van der Waals surface area contributed by atoms with E-state index in [4.69, 9.17) is 16.3 Å². The molecule has 4 aromatic carbocycles. The monoisotopic (exact) mass is 496 g/mol. The summed E-state index contributed by atoms with van der Waals surface area (Å²) in [5.41, 5.74) is 3.07. The van der Waals surface area contributed by atoms with E-state index in [0.29, 0.717) is 22.7 Å². The molecule has 1 heterocycles.